The first kappa shape index (κ1) is 22.1. The Morgan fingerprint density at radius 2 is 2.04 bits per heavy atom. The maximum atomic E-state index is 8.96. The Labute approximate surface area is 163 Å². The molecule has 1 heterocycles. The minimum atomic E-state index is 0.174. The van der Waals surface area contributed by atoms with E-state index < -0.39 is 0 Å². The van der Waals surface area contributed by atoms with Crippen molar-refractivity contribution in [2.75, 3.05) is 19.6 Å². The summed E-state index contributed by atoms with van der Waals surface area (Å²) >= 11 is 1.52. The Kier molecular flexibility index (Phi) is 9.87. The molecule has 0 atom stereocenters. The van der Waals surface area contributed by atoms with Crippen LogP contribution in [0.15, 0.2) is 72.4 Å². The summed E-state index contributed by atoms with van der Waals surface area (Å²) in [5, 5.41) is 8.96. The predicted molar refractivity (Wildman–Crippen MR) is 115 cm³/mol. The first-order valence-corrected chi connectivity index (χ1v) is 9.77. The SMILES string of the molecule is C=C/C=C(\C=C/C)SN/C(C=C)=C/C(=C)CN1CCC(C)(CC#N)CC1. The van der Waals surface area contributed by atoms with Crippen LogP contribution in [0, 0.1) is 16.7 Å². The molecule has 1 aliphatic heterocycles. The van der Waals surface area contributed by atoms with Crippen LogP contribution in [0.3, 0.4) is 0 Å². The molecule has 0 saturated carbocycles. The highest BCUT2D eigenvalue weighted by Crippen LogP contribution is 2.34. The van der Waals surface area contributed by atoms with Crippen LogP contribution in [0.4, 0.5) is 0 Å². The second kappa shape index (κ2) is 11.6. The molecule has 0 aromatic heterocycles. The minimum absolute atomic E-state index is 0.174. The highest BCUT2D eigenvalue weighted by Gasteiger charge is 2.29. The van der Waals surface area contributed by atoms with Crippen molar-refractivity contribution in [2.45, 2.75) is 33.1 Å². The summed E-state index contributed by atoms with van der Waals surface area (Å²) in [7, 11) is 0. The van der Waals surface area contributed by atoms with E-state index in [0.29, 0.717) is 6.42 Å². The topological polar surface area (TPSA) is 39.1 Å². The van der Waals surface area contributed by atoms with Gasteiger partial charge >= 0.3 is 0 Å². The first-order chi connectivity index (χ1) is 12.5. The van der Waals surface area contributed by atoms with Gasteiger partial charge in [-0.05, 0) is 74.0 Å². The Morgan fingerprint density at radius 3 is 2.58 bits per heavy atom. The van der Waals surface area contributed by atoms with Gasteiger partial charge in [0, 0.05) is 23.6 Å². The van der Waals surface area contributed by atoms with E-state index in [1.165, 1.54) is 11.9 Å². The summed E-state index contributed by atoms with van der Waals surface area (Å²) in [6.45, 7) is 18.9. The van der Waals surface area contributed by atoms with Gasteiger partial charge < -0.3 is 4.72 Å². The molecule has 0 bridgehead atoms. The zero-order chi connectivity index (χ0) is 19.4. The second-order valence-electron chi connectivity index (χ2n) is 6.89. The van der Waals surface area contributed by atoms with Gasteiger partial charge in [0.1, 0.15) is 0 Å². The molecule has 0 radical (unpaired) electrons. The van der Waals surface area contributed by atoms with Crippen LogP contribution in [0.5, 0.6) is 0 Å². The fourth-order valence-electron chi connectivity index (χ4n) is 2.82. The molecule has 4 heteroatoms. The highest BCUT2D eigenvalue weighted by atomic mass is 32.2. The monoisotopic (exact) mass is 369 g/mol. The number of nitrogens with zero attached hydrogens (tertiary/aromatic N) is 2. The molecule has 1 aliphatic rings. The van der Waals surface area contributed by atoms with Crippen molar-refractivity contribution in [3.05, 3.63) is 72.4 Å². The molecule has 140 valence electrons. The average Bonchev–Trinajstić information content (AvgIpc) is 2.61. The lowest BCUT2D eigenvalue weighted by Gasteiger charge is -2.38. The molecule has 1 rings (SSSR count). The zero-order valence-electron chi connectivity index (χ0n) is 16.1. The van der Waals surface area contributed by atoms with Crippen molar-refractivity contribution in [3.8, 4) is 6.07 Å². The maximum absolute atomic E-state index is 8.96. The normalized spacial score (nSPS) is 18.3. The quantitative estimate of drug-likeness (QED) is 0.407. The summed E-state index contributed by atoms with van der Waals surface area (Å²) in [5.41, 5.74) is 2.16. The van der Waals surface area contributed by atoms with Crippen LogP contribution in [0.1, 0.15) is 33.1 Å². The number of piperidine rings is 1. The van der Waals surface area contributed by atoms with Gasteiger partial charge in [0.25, 0.3) is 0 Å². The van der Waals surface area contributed by atoms with Crippen LogP contribution in [-0.2, 0) is 0 Å². The zero-order valence-corrected chi connectivity index (χ0v) is 16.9. The number of hydrogen-bond donors (Lipinski definition) is 1. The average molecular weight is 370 g/mol. The van der Waals surface area contributed by atoms with E-state index in [2.05, 4.69) is 42.4 Å². The Hall–Kier alpha value is -1.96. The van der Waals surface area contributed by atoms with Gasteiger partial charge in [0.2, 0.25) is 0 Å². The molecule has 0 aromatic rings. The molecule has 1 fully saturated rings. The highest BCUT2D eigenvalue weighted by molar-refractivity contribution is 8.01. The summed E-state index contributed by atoms with van der Waals surface area (Å²) in [6, 6.07) is 2.33. The summed E-state index contributed by atoms with van der Waals surface area (Å²) in [6.07, 6.45) is 14.4. The van der Waals surface area contributed by atoms with E-state index >= 15 is 0 Å². The molecule has 0 unspecified atom stereocenters. The number of hydrogen-bond acceptors (Lipinski definition) is 4. The molecule has 1 saturated heterocycles. The van der Waals surface area contributed by atoms with Crippen molar-refractivity contribution in [2.24, 2.45) is 5.41 Å². The van der Waals surface area contributed by atoms with Gasteiger partial charge in [-0.15, -0.1) is 0 Å². The molecule has 26 heavy (non-hydrogen) atoms. The van der Waals surface area contributed by atoms with Crippen molar-refractivity contribution in [1.82, 2.24) is 9.62 Å². The summed E-state index contributed by atoms with van der Waals surface area (Å²) in [5.74, 6) is 0. The number of likely N-dealkylation sites (tertiary alicyclic amines) is 1. The van der Waals surface area contributed by atoms with E-state index in [1.54, 1.807) is 12.2 Å². The third-order valence-corrected chi connectivity index (χ3v) is 5.32. The smallest absolute Gasteiger partial charge is 0.0627 e. The number of allylic oxidation sites excluding steroid dienone is 5. The maximum Gasteiger partial charge on any atom is 0.0627 e. The van der Waals surface area contributed by atoms with Crippen molar-refractivity contribution in [1.29, 1.82) is 5.26 Å². The van der Waals surface area contributed by atoms with E-state index in [4.69, 9.17) is 5.26 Å². The lowest BCUT2D eigenvalue weighted by Crippen LogP contribution is -2.39. The first-order valence-electron chi connectivity index (χ1n) is 8.96. The van der Waals surface area contributed by atoms with E-state index in [9.17, 15) is 0 Å². The Bertz CT molecular complexity index is 626. The molecule has 1 N–H and O–H groups in total. The molecule has 0 aliphatic carbocycles. The van der Waals surface area contributed by atoms with E-state index in [1.807, 2.05) is 31.2 Å². The summed E-state index contributed by atoms with van der Waals surface area (Å²) < 4.78 is 3.31. The molecule has 0 aromatic carbocycles. The van der Waals surface area contributed by atoms with Gasteiger partial charge in [0.05, 0.1) is 6.07 Å². The fraction of sp³-hybridized carbons (Fsp3) is 0.409. The van der Waals surface area contributed by atoms with Gasteiger partial charge in [-0.3, -0.25) is 4.90 Å². The third kappa shape index (κ3) is 7.95. The van der Waals surface area contributed by atoms with Gasteiger partial charge in [-0.1, -0.05) is 44.9 Å². The van der Waals surface area contributed by atoms with Gasteiger partial charge in [-0.2, -0.15) is 5.26 Å². The fourth-order valence-corrected chi connectivity index (χ4v) is 3.57. The third-order valence-electron chi connectivity index (χ3n) is 4.48. The Balaban J connectivity index is 2.55. The van der Waals surface area contributed by atoms with Crippen LogP contribution in [0.25, 0.3) is 0 Å². The number of rotatable bonds is 10. The van der Waals surface area contributed by atoms with Crippen molar-refractivity contribution in [3.63, 3.8) is 0 Å². The standard InChI is InChI=1S/C22H31N3S/c1-6-9-21(10-7-2)26-24-20(8-3)17-19(4)18-25-15-12-22(5,11-14-23)13-16-25/h6-10,17,24H,1,3-4,11-13,15-16,18H2,2,5H3/b10-7-,20-17+,21-9+. The number of nitriles is 1. The number of nitrogens with one attached hydrogen (secondary N) is 1. The second-order valence-corrected chi connectivity index (χ2v) is 7.77. The van der Waals surface area contributed by atoms with Gasteiger partial charge in [0.15, 0.2) is 0 Å². The van der Waals surface area contributed by atoms with Gasteiger partial charge in [-0.25, -0.2) is 0 Å². The van der Waals surface area contributed by atoms with Crippen LogP contribution in [-0.4, -0.2) is 24.5 Å². The minimum Gasteiger partial charge on any atom is -0.326 e. The summed E-state index contributed by atoms with van der Waals surface area (Å²) in [4.78, 5) is 3.49. The van der Waals surface area contributed by atoms with Crippen LogP contribution in [0.2, 0.25) is 0 Å². The Morgan fingerprint density at radius 1 is 1.35 bits per heavy atom. The van der Waals surface area contributed by atoms with Crippen LogP contribution < -0.4 is 4.72 Å². The molecule has 0 amide bonds. The largest absolute Gasteiger partial charge is 0.326 e. The lowest BCUT2D eigenvalue weighted by atomic mass is 9.78. The molecule has 3 nitrogen and oxygen atoms in total. The lowest BCUT2D eigenvalue weighted by molar-refractivity contribution is 0.130. The predicted octanol–water partition coefficient (Wildman–Crippen LogP) is 5.51. The van der Waals surface area contributed by atoms with Crippen LogP contribution >= 0.6 is 11.9 Å². The molecular weight excluding hydrogens is 338 g/mol. The van der Waals surface area contributed by atoms with Crippen molar-refractivity contribution < 1.29 is 0 Å². The molecule has 0 spiro atoms. The molecular formula is C22H31N3S. The van der Waals surface area contributed by atoms with E-state index in [-0.39, 0.29) is 5.41 Å². The van der Waals surface area contributed by atoms with E-state index in [0.717, 1.165) is 48.7 Å². The van der Waals surface area contributed by atoms with Crippen molar-refractivity contribution >= 4 is 11.9 Å².